The zero-order valence-electron chi connectivity index (χ0n) is 47.8. The summed E-state index contributed by atoms with van der Waals surface area (Å²) in [6.45, 7) is 6.63. The molecule has 0 bridgehead atoms. The molecule has 0 aromatic carbocycles. The molecule has 0 aromatic heterocycles. The number of hydrogen-bond acceptors (Lipinski definition) is 6. The van der Waals surface area contributed by atoms with Gasteiger partial charge in [-0.2, -0.15) is 0 Å². The van der Waals surface area contributed by atoms with Gasteiger partial charge in [-0.15, -0.1) is 0 Å². The number of carbonyl (C=O) groups is 3. The molecule has 0 rings (SSSR count). The molecule has 0 N–H and O–H groups in total. The van der Waals surface area contributed by atoms with Gasteiger partial charge in [-0.05, 0) is 77.0 Å². The summed E-state index contributed by atoms with van der Waals surface area (Å²) in [5.41, 5.74) is 0. The topological polar surface area (TPSA) is 78.9 Å². The van der Waals surface area contributed by atoms with Crippen LogP contribution in [0.3, 0.4) is 0 Å². The van der Waals surface area contributed by atoms with E-state index in [0.717, 1.165) is 64.2 Å². The molecular formula is C65H120O6. The number of esters is 3. The van der Waals surface area contributed by atoms with Crippen molar-refractivity contribution in [2.75, 3.05) is 13.2 Å². The minimum absolute atomic E-state index is 0.0690. The maximum absolute atomic E-state index is 12.8. The minimum atomic E-state index is -0.768. The van der Waals surface area contributed by atoms with E-state index in [-0.39, 0.29) is 31.1 Å². The predicted molar refractivity (Wildman–Crippen MR) is 307 cm³/mol. The van der Waals surface area contributed by atoms with Gasteiger partial charge in [-0.25, -0.2) is 0 Å². The lowest BCUT2D eigenvalue weighted by Gasteiger charge is -2.18. The lowest BCUT2D eigenvalue weighted by atomic mass is 10.0. The van der Waals surface area contributed by atoms with Gasteiger partial charge in [0.15, 0.2) is 6.10 Å². The molecule has 6 nitrogen and oxygen atoms in total. The van der Waals surface area contributed by atoms with E-state index < -0.39 is 6.10 Å². The second-order valence-electron chi connectivity index (χ2n) is 21.3. The quantitative estimate of drug-likeness (QED) is 0.0261. The highest BCUT2D eigenvalue weighted by atomic mass is 16.6. The standard InChI is InChI=1S/C65H120O6/c1-4-7-10-13-16-18-20-22-24-26-28-29-30-31-32-33-34-35-37-38-40-42-44-46-49-52-55-58-64(67)70-61-62(60-69-63(66)57-54-51-48-15-12-9-6-3)71-65(68)59-56-53-50-47-45-43-41-39-36-27-25-23-21-19-17-14-11-8-5-2/h20,22-23,25-26,28,62H,4-19,21,24,27,29-61H2,1-3H3/b22-20-,25-23-,28-26-. The number of hydrogen-bond donors (Lipinski definition) is 0. The highest BCUT2D eigenvalue weighted by molar-refractivity contribution is 5.71. The third kappa shape index (κ3) is 58.4. The van der Waals surface area contributed by atoms with Gasteiger partial charge in [0.25, 0.3) is 0 Å². The molecule has 0 spiro atoms. The first kappa shape index (κ1) is 68.6. The molecule has 416 valence electrons. The Hall–Kier alpha value is -2.37. The fraction of sp³-hybridized carbons (Fsp3) is 0.862. The second kappa shape index (κ2) is 60.2. The summed E-state index contributed by atoms with van der Waals surface area (Å²) >= 11 is 0. The van der Waals surface area contributed by atoms with Crippen LogP contribution in [0.4, 0.5) is 0 Å². The highest BCUT2D eigenvalue weighted by Crippen LogP contribution is 2.17. The first-order chi connectivity index (χ1) is 35.0. The Balaban J connectivity index is 4.08. The van der Waals surface area contributed by atoms with Crippen molar-refractivity contribution in [2.24, 2.45) is 0 Å². The molecule has 1 unspecified atom stereocenters. The van der Waals surface area contributed by atoms with E-state index in [1.54, 1.807) is 0 Å². The van der Waals surface area contributed by atoms with Gasteiger partial charge in [0.05, 0.1) is 0 Å². The summed E-state index contributed by atoms with van der Waals surface area (Å²) in [7, 11) is 0. The largest absolute Gasteiger partial charge is 0.462 e. The van der Waals surface area contributed by atoms with Gasteiger partial charge >= 0.3 is 17.9 Å². The van der Waals surface area contributed by atoms with Crippen LogP contribution in [-0.2, 0) is 28.6 Å². The number of allylic oxidation sites excluding steroid dienone is 6. The van der Waals surface area contributed by atoms with Crippen molar-refractivity contribution < 1.29 is 28.6 Å². The van der Waals surface area contributed by atoms with Crippen LogP contribution in [-0.4, -0.2) is 37.2 Å². The fourth-order valence-electron chi connectivity index (χ4n) is 9.35. The van der Waals surface area contributed by atoms with Crippen molar-refractivity contribution in [3.63, 3.8) is 0 Å². The summed E-state index contributed by atoms with van der Waals surface area (Å²) in [4.78, 5) is 38.0. The summed E-state index contributed by atoms with van der Waals surface area (Å²) in [6, 6.07) is 0. The van der Waals surface area contributed by atoms with Gasteiger partial charge in [0.2, 0.25) is 0 Å². The average Bonchev–Trinajstić information content (AvgIpc) is 3.37. The van der Waals surface area contributed by atoms with Crippen molar-refractivity contribution in [3.8, 4) is 0 Å². The molecule has 6 heteroatoms. The maximum atomic E-state index is 12.8. The number of unbranched alkanes of at least 4 members (excludes halogenated alkanes) is 41. The smallest absolute Gasteiger partial charge is 0.306 e. The van der Waals surface area contributed by atoms with E-state index >= 15 is 0 Å². The van der Waals surface area contributed by atoms with Crippen molar-refractivity contribution in [1.82, 2.24) is 0 Å². The van der Waals surface area contributed by atoms with Crippen molar-refractivity contribution in [3.05, 3.63) is 36.5 Å². The molecule has 0 aliphatic rings. The van der Waals surface area contributed by atoms with Crippen LogP contribution < -0.4 is 0 Å². The van der Waals surface area contributed by atoms with Crippen molar-refractivity contribution >= 4 is 17.9 Å². The van der Waals surface area contributed by atoms with Crippen molar-refractivity contribution in [2.45, 2.75) is 348 Å². The molecule has 71 heavy (non-hydrogen) atoms. The van der Waals surface area contributed by atoms with E-state index in [9.17, 15) is 14.4 Å². The molecule has 0 saturated carbocycles. The zero-order chi connectivity index (χ0) is 51.4. The Morgan fingerprint density at radius 3 is 0.789 bits per heavy atom. The van der Waals surface area contributed by atoms with Gasteiger partial charge in [0.1, 0.15) is 13.2 Å². The van der Waals surface area contributed by atoms with Crippen LogP contribution in [0.2, 0.25) is 0 Å². The van der Waals surface area contributed by atoms with E-state index in [2.05, 4.69) is 57.2 Å². The Morgan fingerprint density at radius 1 is 0.282 bits per heavy atom. The van der Waals surface area contributed by atoms with Gasteiger partial charge in [-0.3, -0.25) is 14.4 Å². The van der Waals surface area contributed by atoms with E-state index in [1.165, 1.54) is 238 Å². The first-order valence-electron chi connectivity index (χ1n) is 31.5. The predicted octanol–water partition coefficient (Wildman–Crippen LogP) is 21.2. The van der Waals surface area contributed by atoms with Gasteiger partial charge < -0.3 is 14.2 Å². The molecule has 1 atom stereocenters. The molecule has 0 aromatic rings. The Morgan fingerprint density at radius 2 is 0.507 bits per heavy atom. The molecule has 0 heterocycles. The Labute approximate surface area is 442 Å². The highest BCUT2D eigenvalue weighted by Gasteiger charge is 2.19. The summed E-state index contributed by atoms with van der Waals surface area (Å²) in [5.74, 6) is -0.859. The zero-order valence-corrected chi connectivity index (χ0v) is 47.8. The second-order valence-corrected chi connectivity index (χ2v) is 21.3. The lowest BCUT2D eigenvalue weighted by molar-refractivity contribution is -0.167. The normalized spacial score (nSPS) is 12.2. The molecule has 0 aliphatic carbocycles. The summed E-state index contributed by atoms with van der Waals surface area (Å²) in [6.07, 6.45) is 73.2. The van der Waals surface area contributed by atoms with Crippen molar-refractivity contribution in [1.29, 1.82) is 0 Å². The van der Waals surface area contributed by atoms with E-state index in [4.69, 9.17) is 14.2 Å². The summed E-state index contributed by atoms with van der Waals surface area (Å²) in [5, 5.41) is 0. The Kier molecular flexibility index (Phi) is 58.2. The van der Waals surface area contributed by atoms with Crippen LogP contribution in [0.5, 0.6) is 0 Å². The Bertz CT molecular complexity index is 1190. The molecule has 0 amide bonds. The van der Waals surface area contributed by atoms with Crippen LogP contribution in [0.15, 0.2) is 36.5 Å². The molecule has 0 saturated heterocycles. The minimum Gasteiger partial charge on any atom is -0.462 e. The fourth-order valence-corrected chi connectivity index (χ4v) is 9.35. The lowest BCUT2D eigenvalue weighted by Crippen LogP contribution is -2.30. The van der Waals surface area contributed by atoms with Gasteiger partial charge in [0, 0.05) is 19.3 Å². The molecular weight excluding hydrogens is 877 g/mol. The monoisotopic (exact) mass is 997 g/mol. The molecule has 0 fully saturated rings. The van der Waals surface area contributed by atoms with Crippen LogP contribution in [0.1, 0.15) is 342 Å². The molecule has 0 aliphatic heterocycles. The summed E-state index contributed by atoms with van der Waals surface area (Å²) < 4.78 is 16.8. The van der Waals surface area contributed by atoms with Crippen LogP contribution in [0, 0.1) is 0 Å². The number of ether oxygens (including phenoxy) is 3. The van der Waals surface area contributed by atoms with Gasteiger partial charge in [-0.1, -0.05) is 282 Å². The maximum Gasteiger partial charge on any atom is 0.306 e. The SMILES string of the molecule is CCCCCCC/C=C\C/C=C\CCCCCCCCCCCCCCCCCC(=O)OCC(COC(=O)CCCCCCCCC)OC(=O)CCCCCCCCCCC/C=C\CCCCCCCC. The van der Waals surface area contributed by atoms with Crippen LogP contribution >= 0.6 is 0 Å². The third-order valence-corrected chi connectivity index (χ3v) is 14.1. The first-order valence-corrected chi connectivity index (χ1v) is 31.5. The van der Waals surface area contributed by atoms with Crippen LogP contribution in [0.25, 0.3) is 0 Å². The van der Waals surface area contributed by atoms with E-state index in [0.29, 0.717) is 19.3 Å². The number of carbonyl (C=O) groups excluding carboxylic acids is 3. The van der Waals surface area contributed by atoms with E-state index in [1.807, 2.05) is 0 Å². The third-order valence-electron chi connectivity index (χ3n) is 14.1. The number of rotatable bonds is 58. The average molecular weight is 998 g/mol. The molecule has 0 radical (unpaired) electrons.